The van der Waals surface area contributed by atoms with Gasteiger partial charge in [0, 0.05) is 32.2 Å². The van der Waals surface area contributed by atoms with Crippen LogP contribution < -0.4 is 10.6 Å². The maximum absolute atomic E-state index is 12.9. The van der Waals surface area contributed by atoms with Gasteiger partial charge < -0.3 is 15.4 Å². The van der Waals surface area contributed by atoms with Crippen molar-refractivity contribution in [2.75, 3.05) is 25.0 Å². The van der Waals surface area contributed by atoms with Gasteiger partial charge in [0.2, 0.25) is 15.9 Å². The number of carbonyl (C=O) groups is 2. The number of alkyl halides is 6. The van der Waals surface area contributed by atoms with E-state index in [-0.39, 0.29) is 17.1 Å². The van der Waals surface area contributed by atoms with Crippen LogP contribution in [0.15, 0.2) is 29.2 Å². The highest BCUT2D eigenvalue weighted by molar-refractivity contribution is 7.89. The number of halogens is 6. The minimum atomic E-state index is -5.93. The zero-order chi connectivity index (χ0) is 23.6. The first-order chi connectivity index (χ1) is 14.1. The molecule has 1 unspecified atom stereocenters. The number of hydrogen-bond donors (Lipinski definition) is 2. The zero-order valence-electron chi connectivity index (χ0n) is 15.7. The van der Waals surface area contributed by atoms with Gasteiger partial charge in [0.05, 0.1) is 4.90 Å². The van der Waals surface area contributed by atoms with Crippen LogP contribution in [0.3, 0.4) is 0 Å². The molecule has 0 spiro atoms. The number of esters is 1. The van der Waals surface area contributed by atoms with Crippen LogP contribution in [0.1, 0.15) is 6.92 Å². The molecule has 0 aromatic heterocycles. The first-order valence-electron chi connectivity index (χ1n) is 8.58. The van der Waals surface area contributed by atoms with Gasteiger partial charge >= 0.3 is 18.3 Å². The predicted molar refractivity (Wildman–Crippen MR) is 93.3 cm³/mol. The Hall–Kier alpha value is -2.39. The lowest BCUT2D eigenvalue weighted by molar-refractivity contribution is -0.314. The van der Waals surface area contributed by atoms with Gasteiger partial charge in [-0.15, -0.1) is 0 Å². The van der Waals surface area contributed by atoms with Gasteiger partial charge in [-0.2, -0.15) is 30.6 Å². The first-order valence-corrected chi connectivity index (χ1v) is 10.0. The highest BCUT2D eigenvalue weighted by Crippen LogP contribution is 2.36. The quantitative estimate of drug-likeness (QED) is 0.494. The van der Waals surface area contributed by atoms with E-state index in [1.807, 2.05) is 0 Å². The fraction of sp³-hybridized carbons (Fsp3) is 0.500. The number of anilines is 1. The molecule has 1 heterocycles. The Balaban J connectivity index is 2.30. The van der Waals surface area contributed by atoms with Crippen molar-refractivity contribution in [3.63, 3.8) is 0 Å². The molecule has 0 radical (unpaired) electrons. The molecular weight excluding hydrogens is 460 g/mol. The number of rotatable bonds is 5. The second kappa shape index (κ2) is 9.00. The van der Waals surface area contributed by atoms with E-state index in [1.54, 1.807) is 0 Å². The molecule has 1 aliphatic heterocycles. The van der Waals surface area contributed by atoms with Crippen molar-refractivity contribution >= 4 is 27.6 Å². The summed E-state index contributed by atoms with van der Waals surface area (Å²) in [5.41, 5.74) is 0.251. The molecule has 1 fully saturated rings. The molecule has 0 bridgehead atoms. The Bertz CT molecular complexity index is 903. The third-order valence-electron chi connectivity index (χ3n) is 4.08. The van der Waals surface area contributed by atoms with Gasteiger partial charge in [-0.25, -0.2) is 8.42 Å². The van der Waals surface area contributed by atoms with Gasteiger partial charge in [0.15, 0.2) is 0 Å². The molecule has 15 heteroatoms. The molecule has 31 heavy (non-hydrogen) atoms. The van der Waals surface area contributed by atoms with Crippen molar-refractivity contribution in [3.05, 3.63) is 24.3 Å². The molecule has 1 aromatic rings. The monoisotopic (exact) mass is 477 g/mol. The van der Waals surface area contributed by atoms with E-state index in [1.165, 1.54) is 19.1 Å². The zero-order valence-corrected chi connectivity index (χ0v) is 16.6. The van der Waals surface area contributed by atoms with Crippen molar-refractivity contribution in [1.82, 2.24) is 9.62 Å². The van der Waals surface area contributed by atoms with E-state index >= 15 is 0 Å². The van der Waals surface area contributed by atoms with Crippen LogP contribution in [0.5, 0.6) is 0 Å². The first kappa shape index (κ1) is 24.9. The number of amides is 1. The summed E-state index contributed by atoms with van der Waals surface area (Å²) >= 11 is 0. The molecule has 2 rings (SSSR count). The summed E-state index contributed by atoms with van der Waals surface area (Å²) in [7, 11) is -4.49. The molecule has 0 aliphatic carbocycles. The minimum Gasteiger partial charge on any atom is -0.442 e. The molecule has 1 aliphatic rings. The average Bonchev–Trinajstić information content (AvgIpc) is 2.64. The lowest BCUT2D eigenvalue weighted by Gasteiger charge is -2.34. The van der Waals surface area contributed by atoms with Crippen LogP contribution in [0.25, 0.3) is 0 Å². The minimum absolute atomic E-state index is 0.00500. The number of sulfonamides is 1. The number of carbonyl (C=O) groups excluding carboxylic acids is 2. The average molecular weight is 477 g/mol. The van der Waals surface area contributed by atoms with Crippen molar-refractivity contribution in [2.24, 2.45) is 0 Å². The largest absolute Gasteiger partial charge is 0.442 e. The molecule has 1 atom stereocenters. The SMILES string of the molecule is CC(=O)Nc1ccc(S(=O)(=O)N2CCNCC2C(=O)OC(C(F)(F)F)C(F)(F)F)cc1. The van der Waals surface area contributed by atoms with Gasteiger partial charge in [0.25, 0.3) is 6.10 Å². The third-order valence-corrected chi connectivity index (χ3v) is 6.00. The van der Waals surface area contributed by atoms with Crippen LogP contribution in [0, 0.1) is 0 Å². The molecule has 2 N–H and O–H groups in total. The van der Waals surface area contributed by atoms with Crippen molar-refractivity contribution in [2.45, 2.75) is 36.3 Å². The Kier molecular flexibility index (Phi) is 7.22. The Labute approximate surface area is 172 Å². The van der Waals surface area contributed by atoms with Crippen LogP contribution in [-0.2, 0) is 24.3 Å². The fourth-order valence-corrected chi connectivity index (χ4v) is 4.32. The number of piperazine rings is 1. The van der Waals surface area contributed by atoms with Crippen LogP contribution in [0.2, 0.25) is 0 Å². The maximum Gasteiger partial charge on any atom is 0.434 e. The van der Waals surface area contributed by atoms with Crippen LogP contribution in [-0.4, -0.2) is 68.7 Å². The van der Waals surface area contributed by atoms with Crippen molar-refractivity contribution in [1.29, 1.82) is 0 Å². The fourth-order valence-electron chi connectivity index (χ4n) is 2.74. The van der Waals surface area contributed by atoms with Crippen molar-refractivity contribution in [3.8, 4) is 0 Å². The molecule has 1 saturated heterocycles. The number of nitrogens with one attached hydrogen (secondary N) is 2. The standard InChI is InChI=1S/C16H17F6N3O5S/c1-9(26)24-10-2-4-11(5-3-10)31(28,29)25-7-6-23-8-12(25)13(27)30-14(15(17,18)19)16(20,21)22/h2-5,12,14,23H,6-8H2,1H3,(H,24,26). The van der Waals surface area contributed by atoms with Crippen LogP contribution >= 0.6 is 0 Å². The van der Waals surface area contributed by atoms with Gasteiger partial charge in [0.1, 0.15) is 6.04 Å². The molecule has 1 aromatic carbocycles. The number of ether oxygens (including phenoxy) is 1. The Morgan fingerprint density at radius 2 is 1.68 bits per heavy atom. The predicted octanol–water partition coefficient (Wildman–Crippen LogP) is 1.64. The number of nitrogens with zero attached hydrogens (tertiary/aromatic N) is 1. The number of benzene rings is 1. The summed E-state index contributed by atoms with van der Waals surface area (Å²) in [5, 5.41) is 4.93. The third kappa shape index (κ3) is 6.07. The van der Waals surface area contributed by atoms with E-state index < -0.39 is 59.5 Å². The number of hydrogen-bond acceptors (Lipinski definition) is 6. The smallest absolute Gasteiger partial charge is 0.434 e. The van der Waals surface area contributed by atoms with E-state index in [2.05, 4.69) is 15.4 Å². The molecule has 1 amide bonds. The Morgan fingerprint density at radius 1 is 1.13 bits per heavy atom. The molecule has 174 valence electrons. The topological polar surface area (TPSA) is 105 Å². The van der Waals surface area contributed by atoms with E-state index in [0.717, 1.165) is 12.1 Å². The highest BCUT2D eigenvalue weighted by Gasteiger charge is 2.60. The summed E-state index contributed by atoms with van der Waals surface area (Å²) in [6.45, 7) is 0.258. The normalized spacial score (nSPS) is 18.6. The summed E-state index contributed by atoms with van der Waals surface area (Å²) < 4.78 is 106. The van der Waals surface area contributed by atoms with Gasteiger partial charge in [-0.3, -0.25) is 9.59 Å². The summed E-state index contributed by atoms with van der Waals surface area (Å²) in [4.78, 5) is 22.8. The molecular formula is C16H17F6N3O5S. The Morgan fingerprint density at radius 3 is 2.16 bits per heavy atom. The summed E-state index contributed by atoms with van der Waals surface area (Å²) in [6.07, 6.45) is -16.3. The maximum atomic E-state index is 12.9. The van der Waals surface area contributed by atoms with E-state index in [0.29, 0.717) is 4.31 Å². The molecule has 8 nitrogen and oxygen atoms in total. The van der Waals surface area contributed by atoms with Gasteiger partial charge in [-0.05, 0) is 24.3 Å². The summed E-state index contributed by atoms with van der Waals surface area (Å²) in [6, 6.07) is 2.64. The van der Waals surface area contributed by atoms with E-state index in [4.69, 9.17) is 0 Å². The van der Waals surface area contributed by atoms with Crippen LogP contribution in [0.4, 0.5) is 32.0 Å². The van der Waals surface area contributed by atoms with E-state index in [9.17, 15) is 44.3 Å². The second-order valence-electron chi connectivity index (χ2n) is 6.44. The van der Waals surface area contributed by atoms with Gasteiger partial charge in [-0.1, -0.05) is 0 Å². The lowest BCUT2D eigenvalue weighted by atomic mass is 10.2. The lowest BCUT2D eigenvalue weighted by Crippen LogP contribution is -2.59. The summed E-state index contributed by atoms with van der Waals surface area (Å²) in [5.74, 6) is -2.42. The second-order valence-corrected chi connectivity index (χ2v) is 8.33. The highest BCUT2D eigenvalue weighted by atomic mass is 32.2. The van der Waals surface area contributed by atoms with Crippen molar-refractivity contribution < 1.29 is 49.1 Å². The molecule has 0 saturated carbocycles.